The number of benzene rings is 1. The molecule has 1 heterocycles. The molecule has 2 rings (SSSR count). The van der Waals surface area contributed by atoms with Crippen molar-refractivity contribution in [2.45, 2.75) is 33.3 Å². The molecule has 1 aromatic carbocycles. The Balaban J connectivity index is 1.95. The van der Waals surface area contributed by atoms with Crippen LogP contribution in [0, 0.1) is 6.92 Å². The highest BCUT2D eigenvalue weighted by Crippen LogP contribution is 2.20. The fraction of sp³-hybridized carbons (Fsp3) is 0.500. The number of carbonyl (C=O) groups excluding carboxylic acids is 1. The molecule has 114 valence electrons. The van der Waals surface area contributed by atoms with Crippen LogP contribution >= 0.6 is 0 Å². The molecule has 1 atom stereocenters. The summed E-state index contributed by atoms with van der Waals surface area (Å²) >= 11 is 0. The molecule has 5 nitrogen and oxygen atoms in total. The molecule has 1 N–H and O–H groups in total. The van der Waals surface area contributed by atoms with Crippen LogP contribution in [0.1, 0.15) is 31.4 Å². The van der Waals surface area contributed by atoms with Crippen LogP contribution in [0.15, 0.2) is 29.4 Å². The Kier molecular flexibility index (Phi) is 5.20. The zero-order chi connectivity index (χ0) is 15.2. The van der Waals surface area contributed by atoms with E-state index in [0.717, 1.165) is 17.7 Å². The van der Waals surface area contributed by atoms with Gasteiger partial charge in [0, 0.05) is 25.1 Å². The minimum Gasteiger partial charge on any atom is -0.390 e. The average Bonchev–Trinajstić information content (AvgIpc) is 2.93. The Hall–Kier alpha value is -2.04. The summed E-state index contributed by atoms with van der Waals surface area (Å²) in [5, 5.41) is 7.02. The van der Waals surface area contributed by atoms with Gasteiger partial charge in [-0.3, -0.25) is 0 Å². The molecule has 1 aromatic rings. The van der Waals surface area contributed by atoms with Gasteiger partial charge in [-0.05, 0) is 26.3 Å². The van der Waals surface area contributed by atoms with Crippen molar-refractivity contribution in [3.8, 4) is 0 Å². The summed E-state index contributed by atoms with van der Waals surface area (Å²) in [6.45, 7) is 7.79. The van der Waals surface area contributed by atoms with Crippen molar-refractivity contribution < 1.29 is 9.63 Å². The summed E-state index contributed by atoms with van der Waals surface area (Å²) < 4.78 is 0. The van der Waals surface area contributed by atoms with Gasteiger partial charge in [0.25, 0.3) is 0 Å². The number of hydrogen-bond acceptors (Lipinski definition) is 3. The van der Waals surface area contributed by atoms with Crippen LogP contribution in [-0.2, 0) is 4.84 Å². The molecule has 1 aliphatic heterocycles. The van der Waals surface area contributed by atoms with Crippen molar-refractivity contribution in [2.75, 3.05) is 19.6 Å². The lowest BCUT2D eigenvalue weighted by Crippen LogP contribution is -2.43. The van der Waals surface area contributed by atoms with E-state index < -0.39 is 0 Å². The highest BCUT2D eigenvalue weighted by molar-refractivity contribution is 6.02. The summed E-state index contributed by atoms with van der Waals surface area (Å²) in [5.41, 5.74) is 3.28. The lowest BCUT2D eigenvalue weighted by Gasteiger charge is -2.23. The van der Waals surface area contributed by atoms with Crippen LogP contribution in [0.5, 0.6) is 0 Å². The van der Waals surface area contributed by atoms with Crippen molar-refractivity contribution in [3.63, 3.8) is 0 Å². The summed E-state index contributed by atoms with van der Waals surface area (Å²) in [7, 11) is 0. The van der Waals surface area contributed by atoms with E-state index in [9.17, 15) is 4.79 Å². The Morgan fingerprint density at radius 2 is 2.19 bits per heavy atom. The van der Waals surface area contributed by atoms with Gasteiger partial charge in [-0.1, -0.05) is 29.4 Å². The van der Waals surface area contributed by atoms with E-state index in [1.54, 1.807) is 4.90 Å². The van der Waals surface area contributed by atoms with E-state index in [0.29, 0.717) is 19.6 Å². The number of rotatable bonds is 5. The Morgan fingerprint density at radius 1 is 1.43 bits per heavy atom. The van der Waals surface area contributed by atoms with Crippen molar-refractivity contribution >= 4 is 11.7 Å². The van der Waals surface area contributed by atoms with Gasteiger partial charge in [-0.2, -0.15) is 0 Å². The largest absolute Gasteiger partial charge is 0.390 e. The second-order valence-corrected chi connectivity index (χ2v) is 5.16. The first kappa shape index (κ1) is 15.4. The van der Waals surface area contributed by atoms with E-state index >= 15 is 0 Å². The number of amides is 2. The molecule has 0 aliphatic carbocycles. The van der Waals surface area contributed by atoms with Crippen molar-refractivity contribution in [3.05, 3.63) is 35.4 Å². The van der Waals surface area contributed by atoms with Crippen molar-refractivity contribution in [2.24, 2.45) is 5.16 Å². The fourth-order valence-corrected chi connectivity index (χ4v) is 2.45. The second kappa shape index (κ2) is 7.11. The monoisotopic (exact) mass is 289 g/mol. The van der Waals surface area contributed by atoms with E-state index in [1.165, 1.54) is 5.56 Å². The first-order chi connectivity index (χ1) is 10.2. The predicted molar refractivity (Wildman–Crippen MR) is 83.5 cm³/mol. The summed E-state index contributed by atoms with van der Waals surface area (Å²) in [4.78, 5) is 19.1. The van der Waals surface area contributed by atoms with Gasteiger partial charge in [0.15, 0.2) is 6.10 Å². The first-order valence-corrected chi connectivity index (χ1v) is 7.47. The van der Waals surface area contributed by atoms with E-state index in [2.05, 4.69) is 29.5 Å². The van der Waals surface area contributed by atoms with Gasteiger partial charge in [0.05, 0.1) is 12.3 Å². The maximum atomic E-state index is 11.9. The van der Waals surface area contributed by atoms with Crippen LogP contribution in [0.4, 0.5) is 4.79 Å². The van der Waals surface area contributed by atoms with Gasteiger partial charge in [-0.25, -0.2) is 4.79 Å². The minimum absolute atomic E-state index is 0.0482. The molecule has 0 radical (unpaired) electrons. The molecular weight excluding hydrogens is 266 g/mol. The third-order valence-electron chi connectivity index (χ3n) is 3.61. The van der Waals surface area contributed by atoms with Gasteiger partial charge in [0.1, 0.15) is 0 Å². The number of aryl methyl sites for hydroxylation is 1. The Morgan fingerprint density at radius 3 is 2.86 bits per heavy atom. The van der Waals surface area contributed by atoms with Crippen molar-refractivity contribution in [1.82, 2.24) is 10.2 Å². The molecule has 0 saturated heterocycles. The molecular formula is C16H23N3O2. The topological polar surface area (TPSA) is 53.9 Å². The summed E-state index contributed by atoms with van der Waals surface area (Å²) in [5.74, 6) is 0. The predicted octanol–water partition coefficient (Wildman–Crippen LogP) is 2.54. The van der Waals surface area contributed by atoms with E-state index in [-0.39, 0.29) is 12.1 Å². The zero-order valence-electron chi connectivity index (χ0n) is 12.9. The standard InChI is InChI=1S/C16H23N3O2/c1-4-17-16(20)19(5-2)11-13-10-15(18-21-13)14-9-7-6-8-12(14)3/h6-9,13H,4-5,10-11H2,1-3H3,(H,17,20)/t13-/m1/s1. The summed E-state index contributed by atoms with van der Waals surface area (Å²) in [6.07, 6.45) is 0.669. The van der Waals surface area contributed by atoms with E-state index in [1.807, 2.05) is 26.0 Å². The number of nitrogens with zero attached hydrogens (tertiary/aromatic N) is 2. The second-order valence-electron chi connectivity index (χ2n) is 5.16. The molecule has 0 bridgehead atoms. The minimum atomic E-state index is -0.0674. The number of hydrogen-bond donors (Lipinski definition) is 1. The quantitative estimate of drug-likeness (QED) is 0.905. The van der Waals surface area contributed by atoms with E-state index in [4.69, 9.17) is 4.84 Å². The van der Waals surface area contributed by atoms with Gasteiger partial charge in [-0.15, -0.1) is 0 Å². The van der Waals surface area contributed by atoms with Gasteiger partial charge < -0.3 is 15.1 Å². The van der Waals surface area contributed by atoms with Crippen LogP contribution in [-0.4, -0.2) is 42.4 Å². The SMILES string of the molecule is CCNC(=O)N(CC)C[C@H]1CC(c2ccccc2C)=NO1. The maximum Gasteiger partial charge on any atom is 0.317 e. The number of oxime groups is 1. The number of urea groups is 1. The van der Waals surface area contributed by atoms with Crippen molar-refractivity contribution in [1.29, 1.82) is 0 Å². The smallest absolute Gasteiger partial charge is 0.317 e. The lowest BCUT2D eigenvalue weighted by molar-refractivity contribution is 0.0617. The molecule has 0 saturated carbocycles. The molecule has 21 heavy (non-hydrogen) atoms. The fourth-order valence-electron chi connectivity index (χ4n) is 2.45. The summed E-state index contributed by atoms with van der Waals surface area (Å²) in [6, 6.07) is 8.10. The normalized spacial score (nSPS) is 17.1. The molecule has 0 fully saturated rings. The molecule has 0 unspecified atom stereocenters. The average molecular weight is 289 g/mol. The third kappa shape index (κ3) is 3.74. The molecule has 5 heteroatoms. The number of carbonyl (C=O) groups is 1. The number of likely N-dealkylation sites (N-methyl/N-ethyl adjacent to an activating group) is 1. The Labute approximate surface area is 126 Å². The molecule has 2 amide bonds. The zero-order valence-corrected chi connectivity index (χ0v) is 12.9. The van der Waals surface area contributed by atoms with Crippen LogP contribution in [0.3, 0.4) is 0 Å². The lowest BCUT2D eigenvalue weighted by atomic mass is 10.0. The van der Waals surface area contributed by atoms with Crippen LogP contribution < -0.4 is 5.32 Å². The maximum absolute atomic E-state index is 11.9. The van der Waals surface area contributed by atoms with Gasteiger partial charge >= 0.3 is 6.03 Å². The third-order valence-corrected chi connectivity index (χ3v) is 3.61. The molecule has 0 spiro atoms. The van der Waals surface area contributed by atoms with Crippen LogP contribution in [0.25, 0.3) is 0 Å². The number of nitrogens with one attached hydrogen (secondary N) is 1. The van der Waals surface area contributed by atoms with Crippen LogP contribution in [0.2, 0.25) is 0 Å². The first-order valence-electron chi connectivity index (χ1n) is 7.47. The van der Waals surface area contributed by atoms with Gasteiger partial charge in [0.2, 0.25) is 0 Å². The highest BCUT2D eigenvalue weighted by Gasteiger charge is 2.26. The molecule has 1 aliphatic rings. The molecule has 0 aromatic heterocycles. The Bertz CT molecular complexity index is 528. The highest BCUT2D eigenvalue weighted by atomic mass is 16.6.